The van der Waals surface area contributed by atoms with E-state index in [1.165, 1.54) is 0 Å². The number of hydrogen-bond acceptors (Lipinski definition) is 5. The number of hydrogen-bond donors (Lipinski definition) is 2. The van der Waals surface area contributed by atoms with Gasteiger partial charge in [0.25, 0.3) is 0 Å². The molecule has 5 rings (SSSR count). The number of carbonyl (C=O) groups excluding carboxylic acids is 3. The number of nitrogens with one attached hydrogen (secondary N) is 2. The van der Waals surface area contributed by atoms with Gasteiger partial charge >= 0.3 is 12.1 Å². The second-order valence-electron chi connectivity index (χ2n) is 15.5. The highest BCUT2D eigenvalue weighted by Gasteiger charge is 2.70. The van der Waals surface area contributed by atoms with Crippen LogP contribution in [0.4, 0.5) is 13.2 Å². The number of nitriles is 1. The van der Waals surface area contributed by atoms with Crippen LogP contribution in [0.1, 0.15) is 93.4 Å². The van der Waals surface area contributed by atoms with Crippen LogP contribution in [0, 0.1) is 56.2 Å². The second-order valence-corrected chi connectivity index (χ2v) is 15.5. The van der Waals surface area contributed by atoms with E-state index in [2.05, 4.69) is 46.1 Å². The largest absolute Gasteiger partial charge is 0.472 e. The third kappa shape index (κ3) is 4.02. The number of ketones is 2. The first-order valence-corrected chi connectivity index (χ1v) is 14.8. The lowest BCUT2D eigenvalue weighted by molar-refractivity contribution is -0.179. The maximum Gasteiger partial charge on any atom is 0.472 e. The van der Waals surface area contributed by atoms with E-state index in [1.807, 2.05) is 19.3 Å². The minimum atomic E-state index is -5.01. The Hall–Kier alpha value is -2.47. The molecule has 0 saturated heterocycles. The van der Waals surface area contributed by atoms with E-state index >= 15 is 0 Å². The number of Topliss-reactive ketones (excluding diaryl/α,β-unsaturated/α-hetero) is 1. The van der Waals surface area contributed by atoms with Gasteiger partial charge in [-0.25, -0.2) is 5.43 Å². The van der Waals surface area contributed by atoms with Crippen molar-refractivity contribution in [2.75, 3.05) is 0 Å². The number of hydrazine groups is 1. The predicted molar refractivity (Wildman–Crippen MR) is 147 cm³/mol. The summed E-state index contributed by atoms with van der Waals surface area (Å²) in [5.41, 5.74) is 2.64. The molecule has 1 unspecified atom stereocenters. The van der Waals surface area contributed by atoms with E-state index in [0.29, 0.717) is 25.7 Å². The van der Waals surface area contributed by atoms with Gasteiger partial charge in [0.1, 0.15) is 6.07 Å². The van der Waals surface area contributed by atoms with Crippen LogP contribution in [0.5, 0.6) is 0 Å². The summed E-state index contributed by atoms with van der Waals surface area (Å²) in [5.74, 6) is -3.02. The monoisotopic (exact) mass is 573 g/mol. The Balaban J connectivity index is 1.62. The molecule has 5 aliphatic carbocycles. The normalized spacial score (nSPS) is 42.8. The van der Waals surface area contributed by atoms with Crippen molar-refractivity contribution < 1.29 is 27.6 Å². The average Bonchev–Trinajstić information content (AvgIpc) is 2.86. The minimum absolute atomic E-state index is 0.0424. The van der Waals surface area contributed by atoms with Gasteiger partial charge in [-0.2, -0.15) is 18.4 Å². The molecule has 0 spiro atoms. The first-order valence-electron chi connectivity index (χ1n) is 14.8. The molecule has 6 nitrogen and oxygen atoms in total. The molecule has 0 aromatic heterocycles. The lowest BCUT2D eigenvalue weighted by atomic mass is 9.35. The number of amides is 1. The maximum atomic E-state index is 14.4. The molecule has 7 atom stereocenters. The summed E-state index contributed by atoms with van der Waals surface area (Å²) in [6.45, 7) is 14.5. The van der Waals surface area contributed by atoms with E-state index in [0.717, 1.165) is 24.8 Å². The summed E-state index contributed by atoms with van der Waals surface area (Å²) in [6, 6.07) is 2.11. The van der Waals surface area contributed by atoms with Crippen molar-refractivity contribution >= 4 is 17.5 Å². The standard InChI is InChI=1S/C32H42F3N3O3/c1-26(2)10-12-31(38-37-25(41)32(33,34)35)13-11-30(7)23(19(31)16-26)20(39)14-22-28(5)15-18(17-36)24(40)27(3,4)21(28)8-9-29(22,30)6/h14-15,19,21,23,38H,8-13,16H2,1-7H3,(H,37,41)/t19-,21?,23-,28-,29+,30+,31-/m0/s1. The Morgan fingerprint density at radius 1 is 1.00 bits per heavy atom. The van der Waals surface area contributed by atoms with Crippen LogP contribution in [-0.2, 0) is 14.4 Å². The second kappa shape index (κ2) is 8.78. The van der Waals surface area contributed by atoms with E-state index in [1.54, 1.807) is 12.2 Å². The number of rotatable bonds is 2. The summed E-state index contributed by atoms with van der Waals surface area (Å²) in [5, 5.41) is 9.86. The van der Waals surface area contributed by atoms with Crippen molar-refractivity contribution in [2.45, 2.75) is 105 Å². The maximum absolute atomic E-state index is 14.4. The number of nitrogens with zero attached hydrogens (tertiary/aromatic N) is 1. The van der Waals surface area contributed by atoms with Gasteiger partial charge in [-0.05, 0) is 79.1 Å². The lowest BCUT2D eigenvalue weighted by Crippen LogP contribution is -2.71. The Bertz CT molecular complexity index is 1320. The van der Waals surface area contributed by atoms with Crippen LogP contribution < -0.4 is 10.9 Å². The van der Waals surface area contributed by atoms with Gasteiger partial charge in [-0.3, -0.25) is 19.8 Å². The van der Waals surface area contributed by atoms with Crippen molar-refractivity contribution in [3.8, 4) is 6.07 Å². The molecule has 0 radical (unpaired) electrons. The van der Waals surface area contributed by atoms with E-state index < -0.39 is 45.2 Å². The Kier molecular flexibility index (Phi) is 6.42. The fourth-order valence-electron chi connectivity index (χ4n) is 10.1. The third-order valence-corrected chi connectivity index (χ3v) is 12.5. The molecule has 9 heteroatoms. The third-order valence-electron chi connectivity index (χ3n) is 12.5. The number of carbonyl (C=O) groups is 3. The molecule has 0 aromatic rings. The summed E-state index contributed by atoms with van der Waals surface area (Å²) in [6.07, 6.45) is 3.17. The van der Waals surface area contributed by atoms with Gasteiger partial charge in [0.2, 0.25) is 0 Å². The van der Waals surface area contributed by atoms with Gasteiger partial charge in [-0.1, -0.05) is 60.1 Å². The first-order chi connectivity index (χ1) is 18.7. The van der Waals surface area contributed by atoms with Crippen LogP contribution in [-0.4, -0.2) is 29.2 Å². The molecule has 5 aliphatic rings. The van der Waals surface area contributed by atoms with Crippen molar-refractivity contribution in [3.05, 3.63) is 23.3 Å². The number of halogens is 3. The number of allylic oxidation sites excluding steroid dienone is 4. The molecule has 41 heavy (non-hydrogen) atoms. The quantitative estimate of drug-likeness (QED) is 0.387. The number of alkyl halides is 3. The molecule has 2 N–H and O–H groups in total. The molecule has 0 bridgehead atoms. The molecule has 3 fully saturated rings. The molecule has 224 valence electrons. The average molecular weight is 574 g/mol. The first kappa shape index (κ1) is 30.0. The molecule has 0 heterocycles. The topological polar surface area (TPSA) is 99.1 Å². The van der Waals surface area contributed by atoms with Crippen LogP contribution in [0.2, 0.25) is 0 Å². The van der Waals surface area contributed by atoms with Crippen molar-refractivity contribution in [1.82, 2.24) is 10.9 Å². The SMILES string of the molecule is CC1(C)CC[C@]2(NNC(=O)C(F)(F)F)CC[C@]3(C)[C@H](C(=O)C=C4[C@@]5(C)C=C(C#N)C(=O)C(C)(C)C5CC[C@]43C)[C@@H]2C1. The van der Waals surface area contributed by atoms with Crippen LogP contribution in [0.25, 0.3) is 0 Å². The van der Waals surface area contributed by atoms with E-state index in [9.17, 15) is 32.8 Å². The summed E-state index contributed by atoms with van der Waals surface area (Å²) < 4.78 is 39.4. The molecule has 3 saturated carbocycles. The van der Waals surface area contributed by atoms with Crippen LogP contribution in [0.3, 0.4) is 0 Å². The van der Waals surface area contributed by atoms with Crippen molar-refractivity contribution in [2.24, 2.45) is 44.8 Å². The Labute approximate surface area is 240 Å². The molecule has 0 aromatic carbocycles. The van der Waals surface area contributed by atoms with Crippen LogP contribution >= 0.6 is 0 Å². The molecular formula is C32H42F3N3O3. The molecular weight excluding hydrogens is 531 g/mol. The van der Waals surface area contributed by atoms with Crippen LogP contribution in [0.15, 0.2) is 23.3 Å². The van der Waals surface area contributed by atoms with Gasteiger partial charge < -0.3 is 0 Å². The zero-order valence-electron chi connectivity index (χ0n) is 25.1. The Morgan fingerprint density at radius 2 is 1.63 bits per heavy atom. The van der Waals surface area contributed by atoms with Gasteiger partial charge in [0, 0.05) is 22.3 Å². The lowest BCUT2D eigenvalue weighted by Gasteiger charge is -2.69. The number of fused-ring (bicyclic) bond motifs is 7. The summed E-state index contributed by atoms with van der Waals surface area (Å²) in [7, 11) is 0. The van der Waals surface area contributed by atoms with Crippen molar-refractivity contribution in [1.29, 1.82) is 5.26 Å². The minimum Gasteiger partial charge on any atom is -0.295 e. The highest BCUT2D eigenvalue weighted by Crippen LogP contribution is 2.73. The fraction of sp³-hybridized carbons (Fsp3) is 0.750. The van der Waals surface area contributed by atoms with Crippen molar-refractivity contribution in [3.63, 3.8) is 0 Å². The van der Waals surface area contributed by atoms with Gasteiger partial charge in [0.05, 0.1) is 5.57 Å². The zero-order valence-corrected chi connectivity index (χ0v) is 25.1. The molecule has 1 amide bonds. The zero-order chi connectivity index (χ0) is 30.6. The van der Waals surface area contributed by atoms with Gasteiger partial charge in [0.15, 0.2) is 11.6 Å². The highest BCUT2D eigenvalue weighted by molar-refractivity contribution is 6.04. The predicted octanol–water partition coefficient (Wildman–Crippen LogP) is 6.14. The molecule has 0 aliphatic heterocycles. The summed E-state index contributed by atoms with van der Waals surface area (Å²) >= 11 is 0. The summed E-state index contributed by atoms with van der Waals surface area (Å²) in [4.78, 5) is 39.4. The Morgan fingerprint density at radius 3 is 2.24 bits per heavy atom. The van der Waals surface area contributed by atoms with Gasteiger partial charge in [-0.15, -0.1) is 0 Å². The van der Waals surface area contributed by atoms with E-state index in [4.69, 9.17) is 0 Å². The van der Waals surface area contributed by atoms with E-state index in [-0.39, 0.29) is 34.4 Å². The smallest absolute Gasteiger partial charge is 0.295 e. The highest BCUT2D eigenvalue weighted by atomic mass is 19.4. The fourth-order valence-corrected chi connectivity index (χ4v) is 10.1.